The highest BCUT2D eigenvalue weighted by atomic mass is 35.5. The number of pyridine rings is 1. The largest absolute Gasteiger partial charge is 0.476 e. The van der Waals surface area contributed by atoms with E-state index in [9.17, 15) is 14.7 Å². The van der Waals surface area contributed by atoms with Crippen LogP contribution in [0.3, 0.4) is 0 Å². The first-order valence-electron chi connectivity index (χ1n) is 11.0. The van der Waals surface area contributed by atoms with Crippen molar-refractivity contribution in [3.63, 3.8) is 0 Å². The Labute approximate surface area is 195 Å². The number of nitrogens with one attached hydrogen (secondary N) is 1. The van der Waals surface area contributed by atoms with Gasteiger partial charge in [-0.05, 0) is 57.4 Å². The molecule has 2 aliphatic heterocycles. The Hall–Kier alpha value is -2.97. The predicted octanol–water partition coefficient (Wildman–Crippen LogP) is 4.25. The lowest BCUT2D eigenvalue weighted by Crippen LogP contribution is -2.29. The summed E-state index contributed by atoms with van der Waals surface area (Å²) in [5.74, 6) is -0.380. The number of hydrogen-bond acceptors (Lipinski definition) is 6. The van der Waals surface area contributed by atoms with E-state index in [2.05, 4.69) is 17.2 Å². The van der Waals surface area contributed by atoms with E-state index in [0.717, 1.165) is 29.8 Å². The minimum absolute atomic E-state index is 0.0391. The molecule has 4 heterocycles. The van der Waals surface area contributed by atoms with E-state index in [4.69, 9.17) is 21.3 Å². The lowest BCUT2D eigenvalue weighted by molar-refractivity contribution is 0.0691. The molecule has 172 valence electrons. The molecule has 1 spiro atoms. The van der Waals surface area contributed by atoms with Crippen LogP contribution in [0.1, 0.15) is 66.2 Å². The molecule has 2 N–H and O–H groups in total. The average Bonchev–Trinajstić information content (AvgIpc) is 3.34. The number of rotatable bonds is 4. The molecule has 0 bridgehead atoms. The number of ether oxygens (including phenoxy) is 1. The molecule has 3 aromatic rings. The number of carbonyl (C=O) groups is 1. The zero-order valence-electron chi connectivity index (χ0n) is 18.7. The van der Waals surface area contributed by atoms with Crippen molar-refractivity contribution in [1.29, 1.82) is 0 Å². The summed E-state index contributed by atoms with van der Waals surface area (Å²) in [6.07, 6.45) is 1.69. The summed E-state index contributed by atoms with van der Waals surface area (Å²) in [5, 5.41) is 13.5. The number of aromatic nitrogens is 3. The molecule has 0 saturated carbocycles. The topological polar surface area (TPSA) is 106 Å². The highest BCUT2D eigenvalue weighted by Gasteiger charge is 2.47. The summed E-state index contributed by atoms with van der Waals surface area (Å²) in [7, 11) is 0. The van der Waals surface area contributed by atoms with Crippen molar-refractivity contribution in [1.82, 2.24) is 14.5 Å². The number of carboxylic acid groups (broad SMARTS) is 1. The normalized spacial score (nSPS) is 22.6. The molecule has 5 rings (SSSR count). The van der Waals surface area contributed by atoms with Gasteiger partial charge in [0.05, 0.1) is 34.7 Å². The number of benzene rings is 1. The van der Waals surface area contributed by atoms with Crippen LogP contribution in [0.15, 0.2) is 29.1 Å². The number of halogens is 1. The number of aryl methyl sites for hydroxylation is 1. The minimum atomic E-state index is -1.17. The van der Waals surface area contributed by atoms with Crippen molar-refractivity contribution >= 4 is 34.2 Å². The van der Waals surface area contributed by atoms with Crippen molar-refractivity contribution in [2.24, 2.45) is 0 Å². The van der Waals surface area contributed by atoms with Crippen LogP contribution in [0, 0.1) is 6.92 Å². The zero-order valence-corrected chi connectivity index (χ0v) is 19.4. The molecule has 1 saturated heterocycles. The van der Waals surface area contributed by atoms with E-state index in [-0.39, 0.29) is 33.9 Å². The molecule has 9 heteroatoms. The standard InChI is InChI=1S/C24H25ClN4O4/c1-12-8-15(14(3)26-17-4-5-18(25)27-20(17)22(31)32)19-16(9-12)21(30)29-13(2)10-24(23(29)28-19)6-7-33-11-24/h4-5,8-9,13-14,26H,6-7,10-11H2,1-3H3,(H,31,32)/t13-,14-,24+/m1/s1. The second-order valence-corrected chi connectivity index (χ2v) is 9.59. The van der Waals surface area contributed by atoms with Gasteiger partial charge in [0.2, 0.25) is 0 Å². The van der Waals surface area contributed by atoms with Gasteiger partial charge in [-0.3, -0.25) is 9.36 Å². The van der Waals surface area contributed by atoms with Crippen LogP contribution < -0.4 is 10.9 Å². The molecular weight excluding hydrogens is 444 g/mol. The van der Waals surface area contributed by atoms with E-state index in [1.54, 1.807) is 12.1 Å². The van der Waals surface area contributed by atoms with Gasteiger partial charge in [-0.15, -0.1) is 0 Å². The summed E-state index contributed by atoms with van der Waals surface area (Å²) in [6, 6.07) is 6.73. The maximum atomic E-state index is 13.6. The summed E-state index contributed by atoms with van der Waals surface area (Å²) in [5.41, 5.74) is 2.31. The molecular formula is C24H25ClN4O4. The van der Waals surface area contributed by atoms with Crippen molar-refractivity contribution in [3.05, 3.63) is 62.4 Å². The molecule has 0 radical (unpaired) electrons. The van der Waals surface area contributed by atoms with Gasteiger partial charge in [-0.1, -0.05) is 17.7 Å². The van der Waals surface area contributed by atoms with Crippen molar-refractivity contribution in [2.45, 2.75) is 51.1 Å². The first-order chi connectivity index (χ1) is 15.7. The zero-order chi connectivity index (χ0) is 23.5. The third-order valence-electron chi connectivity index (χ3n) is 6.79. The molecule has 3 atom stereocenters. The van der Waals surface area contributed by atoms with Gasteiger partial charge in [0.15, 0.2) is 5.69 Å². The van der Waals surface area contributed by atoms with Crippen LogP contribution in [-0.2, 0) is 10.2 Å². The third-order valence-corrected chi connectivity index (χ3v) is 7.00. The number of nitrogens with zero attached hydrogens (tertiary/aromatic N) is 3. The van der Waals surface area contributed by atoms with Crippen LogP contribution in [0.25, 0.3) is 10.9 Å². The average molecular weight is 469 g/mol. The van der Waals surface area contributed by atoms with E-state index in [1.807, 2.05) is 30.5 Å². The third kappa shape index (κ3) is 3.48. The molecule has 2 aliphatic rings. The number of hydrogen-bond donors (Lipinski definition) is 2. The quantitative estimate of drug-likeness (QED) is 0.551. The van der Waals surface area contributed by atoms with E-state index < -0.39 is 5.97 Å². The Bertz CT molecular complexity index is 1350. The maximum absolute atomic E-state index is 13.6. The maximum Gasteiger partial charge on any atom is 0.356 e. The lowest BCUT2D eigenvalue weighted by atomic mass is 9.83. The van der Waals surface area contributed by atoms with E-state index in [0.29, 0.717) is 29.8 Å². The van der Waals surface area contributed by atoms with Gasteiger partial charge in [0, 0.05) is 18.2 Å². The van der Waals surface area contributed by atoms with Crippen LogP contribution in [0.4, 0.5) is 5.69 Å². The molecule has 0 amide bonds. The number of anilines is 1. The summed E-state index contributed by atoms with van der Waals surface area (Å²) >= 11 is 5.90. The van der Waals surface area contributed by atoms with Gasteiger partial charge in [0.25, 0.3) is 5.56 Å². The molecule has 8 nitrogen and oxygen atoms in total. The number of carboxylic acids is 1. The second kappa shape index (κ2) is 7.81. The van der Waals surface area contributed by atoms with Crippen LogP contribution in [0.2, 0.25) is 5.15 Å². The van der Waals surface area contributed by atoms with Gasteiger partial charge in [-0.25, -0.2) is 14.8 Å². The fourth-order valence-corrected chi connectivity index (χ4v) is 5.46. The fraction of sp³-hybridized carbons (Fsp3) is 0.417. The molecule has 1 fully saturated rings. The van der Waals surface area contributed by atoms with Crippen molar-refractivity contribution < 1.29 is 14.6 Å². The fourth-order valence-electron chi connectivity index (χ4n) is 5.31. The van der Waals surface area contributed by atoms with Crippen LogP contribution in [-0.4, -0.2) is 38.8 Å². The van der Waals surface area contributed by atoms with Crippen molar-refractivity contribution in [3.8, 4) is 0 Å². The van der Waals surface area contributed by atoms with Gasteiger partial charge in [0.1, 0.15) is 11.0 Å². The van der Waals surface area contributed by atoms with Crippen LogP contribution in [0.5, 0.6) is 0 Å². The highest BCUT2D eigenvalue weighted by molar-refractivity contribution is 6.29. The molecule has 0 unspecified atom stereocenters. The SMILES string of the molecule is Cc1cc([C@@H](C)Nc2ccc(Cl)nc2C(=O)O)c2nc3n(c(=O)c2c1)[C@H](C)C[C@]31CCOC1. The van der Waals surface area contributed by atoms with E-state index in [1.165, 1.54) is 0 Å². The number of fused-ring (bicyclic) bond motifs is 3. The molecule has 33 heavy (non-hydrogen) atoms. The first kappa shape index (κ1) is 21.9. The Morgan fingerprint density at radius 3 is 2.85 bits per heavy atom. The molecule has 0 aliphatic carbocycles. The molecule has 1 aromatic carbocycles. The van der Waals surface area contributed by atoms with Crippen LogP contribution >= 0.6 is 11.6 Å². The predicted molar refractivity (Wildman–Crippen MR) is 125 cm³/mol. The first-order valence-corrected chi connectivity index (χ1v) is 11.4. The number of aromatic carboxylic acids is 1. The van der Waals surface area contributed by atoms with Gasteiger partial charge in [-0.2, -0.15) is 0 Å². The molecule has 2 aromatic heterocycles. The van der Waals surface area contributed by atoms with E-state index >= 15 is 0 Å². The smallest absolute Gasteiger partial charge is 0.356 e. The lowest BCUT2D eigenvalue weighted by Gasteiger charge is -2.22. The van der Waals surface area contributed by atoms with Gasteiger partial charge < -0.3 is 15.2 Å². The Morgan fingerprint density at radius 2 is 2.15 bits per heavy atom. The second-order valence-electron chi connectivity index (χ2n) is 9.20. The summed E-state index contributed by atoms with van der Waals surface area (Å²) < 4.78 is 7.56. The monoisotopic (exact) mass is 468 g/mol. The summed E-state index contributed by atoms with van der Waals surface area (Å²) in [4.78, 5) is 34.3. The minimum Gasteiger partial charge on any atom is -0.476 e. The Morgan fingerprint density at radius 1 is 1.36 bits per heavy atom. The van der Waals surface area contributed by atoms with Gasteiger partial charge >= 0.3 is 5.97 Å². The summed E-state index contributed by atoms with van der Waals surface area (Å²) in [6.45, 7) is 7.16. The van der Waals surface area contributed by atoms with Crippen molar-refractivity contribution in [2.75, 3.05) is 18.5 Å². The Kier molecular flexibility index (Phi) is 5.17. The Balaban J connectivity index is 1.66. The highest BCUT2D eigenvalue weighted by Crippen LogP contribution is 2.45.